The van der Waals surface area contributed by atoms with Crippen LogP contribution in [0.15, 0.2) is 4.99 Å². The van der Waals surface area contributed by atoms with E-state index in [-0.39, 0.29) is 24.4 Å². The summed E-state index contributed by atoms with van der Waals surface area (Å²) in [5.41, 5.74) is 0. The van der Waals surface area contributed by atoms with Gasteiger partial charge in [-0.05, 0) is 26.2 Å². The van der Waals surface area contributed by atoms with Gasteiger partial charge in [0.25, 0.3) is 0 Å². The molecule has 7 heteroatoms. The van der Waals surface area contributed by atoms with Crippen molar-refractivity contribution < 1.29 is 9.59 Å². The third-order valence-electron chi connectivity index (χ3n) is 4.65. The van der Waals surface area contributed by atoms with Crippen molar-refractivity contribution in [1.29, 1.82) is 0 Å². The zero-order chi connectivity index (χ0) is 17.7. The predicted octanol–water partition coefficient (Wildman–Crippen LogP) is 0.419. The summed E-state index contributed by atoms with van der Waals surface area (Å²) in [5, 5.41) is 6.62. The Balaban J connectivity index is 1.86. The fourth-order valence-electron chi connectivity index (χ4n) is 2.70. The van der Waals surface area contributed by atoms with Crippen LogP contribution in [-0.4, -0.2) is 73.4 Å². The van der Waals surface area contributed by atoms with Gasteiger partial charge in [-0.3, -0.25) is 9.59 Å². The van der Waals surface area contributed by atoms with Crippen LogP contribution in [0.2, 0.25) is 0 Å². The van der Waals surface area contributed by atoms with Gasteiger partial charge in [0.1, 0.15) is 6.54 Å². The molecule has 0 aromatic rings. The highest BCUT2D eigenvalue weighted by Gasteiger charge is 2.39. The molecule has 24 heavy (non-hydrogen) atoms. The Bertz CT molecular complexity index is 487. The summed E-state index contributed by atoms with van der Waals surface area (Å²) in [5.74, 6) is 1.21. The predicted molar refractivity (Wildman–Crippen MR) is 94.7 cm³/mol. The smallest absolute Gasteiger partial charge is 0.243 e. The third kappa shape index (κ3) is 5.39. The molecule has 1 aliphatic heterocycles. The highest BCUT2D eigenvalue weighted by Crippen LogP contribution is 2.32. The van der Waals surface area contributed by atoms with Crippen LogP contribution in [0.25, 0.3) is 0 Å². The number of carbonyl (C=O) groups excluding carboxylic acids is 2. The van der Waals surface area contributed by atoms with Crippen molar-refractivity contribution in [2.75, 3.05) is 33.7 Å². The van der Waals surface area contributed by atoms with E-state index in [0.717, 1.165) is 25.8 Å². The van der Waals surface area contributed by atoms with Crippen LogP contribution < -0.4 is 10.6 Å². The topological polar surface area (TPSA) is 77.0 Å². The van der Waals surface area contributed by atoms with Crippen molar-refractivity contribution in [2.45, 2.75) is 51.6 Å². The molecule has 2 rings (SSSR count). The average molecular weight is 337 g/mol. The lowest BCUT2D eigenvalue weighted by atomic mass is 10.1. The third-order valence-corrected chi connectivity index (χ3v) is 4.65. The summed E-state index contributed by atoms with van der Waals surface area (Å²) >= 11 is 0. The largest absolute Gasteiger partial charge is 0.356 e. The Labute approximate surface area is 144 Å². The van der Waals surface area contributed by atoms with E-state index in [9.17, 15) is 9.59 Å². The molecule has 2 N–H and O–H groups in total. The molecule has 7 nitrogen and oxygen atoms in total. The Morgan fingerprint density at radius 3 is 2.71 bits per heavy atom. The first kappa shape index (κ1) is 18.5. The molecule has 2 atom stereocenters. The minimum absolute atomic E-state index is 0.0313. The molecular formula is C17H31N5O2. The molecule has 2 fully saturated rings. The van der Waals surface area contributed by atoms with Gasteiger partial charge in [0.2, 0.25) is 11.8 Å². The molecule has 0 aromatic heterocycles. The number of rotatable bonds is 7. The van der Waals surface area contributed by atoms with Gasteiger partial charge < -0.3 is 20.4 Å². The lowest BCUT2D eigenvalue weighted by Gasteiger charge is -2.20. The standard InChI is InChI=1S/C17H31N5O2/c1-5-12(2)20-17(19-10-16(24)21(3)4)18-9-13-8-15(23)22(11-13)14-6-7-14/h12-14H,5-11H2,1-4H3,(H2,18,19,20). The van der Waals surface area contributed by atoms with Crippen molar-refractivity contribution in [3.63, 3.8) is 0 Å². The zero-order valence-electron chi connectivity index (χ0n) is 15.3. The Kier molecular flexibility index (Phi) is 6.45. The SMILES string of the molecule is CCC(C)NC(=NCC(=O)N(C)C)NCC1CC(=O)N(C2CC2)C1. The number of aliphatic imine (C=N–C) groups is 1. The van der Waals surface area contributed by atoms with E-state index in [0.29, 0.717) is 30.9 Å². The number of nitrogens with zero attached hydrogens (tertiary/aromatic N) is 3. The van der Waals surface area contributed by atoms with E-state index in [1.807, 2.05) is 4.90 Å². The van der Waals surface area contributed by atoms with Crippen LogP contribution in [0.4, 0.5) is 0 Å². The molecule has 2 aliphatic rings. The zero-order valence-corrected chi connectivity index (χ0v) is 15.3. The van der Waals surface area contributed by atoms with Crippen molar-refractivity contribution in [2.24, 2.45) is 10.9 Å². The van der Waals surface area contributed by atoms with Crippen LogP contribution >= 0.6 is 0 Å². The molecule has 2 unspecified atom stereocenters. The molecular weight excluding hydrogens is 306 g/mol. The Morgan fingerprint density at radius 1 is 1.42 bits per heavy atom. The van der Waals surface area contributed by atoms with E-state index in [1.165, 1.54) is 4.90 Å². The number of hydrogen-bond donors (Lipinski definition) is 2. The highest BCUT2D eigenvalue weighted by atomic mass is 16.2. The number of likely N-dealkylation sites (N-methyl/N-ethyl adjacent to an activating group) is 1. The first-order chi connectivity index (χ1) is 11.4. The fraction of sp³-hybridized carbons (Fsp3) is 0.824. The van der Waals surface area contributed by atoms with E-state index in [1.54, 1.807) is 14.1 Å². The Hall–Kier alpha value is -1.79. The molecule has 1 aliphatic carbocycles. The van der Waals surface area contributed by atoms with Gasteiger partial charge in [-0.15, -0.1) is 0 Å². The summed E-state index contributed by atoms with van der Waals surface area (Å²) < 4.78 is 0. The molecule has 1 saturated carbocycles. The first-order valence-corrected chi connectivity index (χ1v) is 8.95. The van der Waals surface area contributed by atoms with Gasteiger partial charge in [0.05, 0.1) is 0 Å². The van der Waals surface area contributed by atoms with Gasteiger partial charge in [0, 0.05) is 51.6 Å². The average Bonchev–Trinajstić information content (AvgIpc) is 3.32. The second-order valence-corrected chi connectivity index (χ2v) is 7.13. The van der Waals surface area contributed by atoms with E-state index in [2.05, 4.69) is 29.5 Å². The molecule has 0 bridgehead atoms. The summed E-state index contributed by atoms with van der Waals surface area (Å²) in [7, 11) is 3.45. The van der Waals surface area contributed by atoms with E-state index >= 15 is 0 Å². The van der Waals surface area contributed by atoms with Crippen molar-refractivity contribution in [3.8, 4) is 0 Å². The number of amides is 2. The molecule has 0 aromatic carbocycles. The lowest BCUT2D eigenvalue weighted by Crippen LogP contribution is -2.44. The summed E-state index contributed by atoms with van der Waals surface area (Å²) in [4.78, 5) is 31.7. The maximum Gasteiger partial charge on any atom is 0.243 e. The fourth-order valence-corrected chi connectivity index (χ4v) is 2.70. The van der Waals surface area contributed by atoms with Gasteiger partial charge >= 0.3 is 0 Å². The molecule has 1 saturated heterocycles. The number of nitrogens with one attached hydrogen (secondary N) is 2. The number of hydrogen-bond acceptors (Lipinski definition) is 3. The van der Waals surface area contributed by atoms with Gasteiger partial charge in [-0.25, -0.2) is 4.99 Å². The second kappa shape index (κ2) is 8.35. The van der Waals surface area contributed by atoms with E-state index < -0.39 is 0 Å². The minimum Gasteiger partial charge on any atom is -0.356 e. The van der Waals surface area contributed by atoms with Crippen molar-refractivity contribution in [3.05, 3.63) is 0 Å². The van der Waals surface area contributed by atoms with Crippen molar-refractivity contribution >= 4 is 17.8 Å². The lowest BCUT2D eigenvalue weighted by molar-refractivity contribution is -0.128. The van der Waals surface area contributed by atoms with Gasteiger partial charge in [-0.1, -0.05) is 6.92 Å². The number of carbonyl (C=O) groups is 2. The second-order valence-electron chi connectivity index (χ2n) is 7.13. The molecule has 0 spiro atoms. The van der Waals surface area contributed by atoms with Gasteiger partial charge in [0.15, 0.2) is 5.96 Å². The quantitative estimate of drug-likeness (QED) is 0.521. The molecule has 1 heterocycles. The van der Waals surface area contributed by atoms with Crippen LogP contribution in [-0.2, 0) is 9.59 Å². The maximum absolute atomic E-state index is 12.0. The molecule has 136 valence electrons. The molecule has 0 radical (unpaired) electrons. The van der Waals surface area contributed by atoms with Gasteiger partial charge in [-0.2, -0.15) is 0 Å². The highest BCUT2D eigenvalue weighted by molar-refractivity contribution is 5.85. The Morgan fingerprint density at radius 2 is 2.12 bits per heavy atom. The van der Waals surface area contributed by atoms with Crippen LogP contribution in [0, 0.1) is 5.92 Å². The van der Waals surface area contributed by atoms with Crippen LogP contribution in [0.1, 0.15) is 39.5 Å². The van der Waals surface area contributed by atoms with E-state index in [4.69, 9.17) is 0 Å². The monoisotopic (exact) mass is 337 g/mol. The first-order valence-electron chi connectivity index (χ1n) is 8.95. The van der Waals surface area contributed by atoms with Crippen molar-refractivity contribution in [1.82, 2.24) is 20.4 Å². The number of guanidine groups is 1. The normalized spacial score (nSPS) is 22.5. The number of likely N-dealkylation sites (tertiary alicyclic amines) is 1. The summed E-state index contributed by atoms with van der Waals surface area (Å²) in [6, 6.07) is 0.769. The summed E-state index contributed by atoms with van der Waals surface area (Å²) in [6.07, 6.45) is 3.89. The van der Waals surface area contributed by atoms with Crippen LogP contribution in [0.5, 0.6) is 0 Å². The summed E-state index contributed by atoms with van der Waals surface area (Å²) in [6.45, 7) is 5.84. The maximum atomic E-state index is 12.0. The minimum atomic E-state index is -0.0313. The molecule has 2 amide bonds. The van der Waals surface area contributed by atoms with Crippen LogP contribution in [0.3, 0.4) is 0 Å².